The van der Waals surface area contributed by atoms with Gasteiger partial charge in [-0.25, -0.2) is 4.68 Å². The van der Waals surface area contributed by atoms with Crippen LogP contribution in [0.4, 0.5) is 0 Å². The molecule has 1 atom stereocenters. The molecule has 0 bridgehead atoms. The highest BCUT2D eigenvalue weighted by Crippen LogP contribution is 2.28. The Hall–Kier alpha value is -3.87. The predicted molar refractivity (Wildman–Crippen MR) is 123 cm³/mol. The van der Waals surface area contributed by atoms with Gasteiger partial charge in [-0.2, -0.15) is 5.10 Å². The zero-order valence-electron chi connectivity index (χ0n) is 18.0. The number of aromatic nitrogens is 2. The van der Waals surface area contributed by atoms with Crippen LogP contribution >= 0.6 is 0 Å². The molecule has 2 heterocycles. The van der Waals surface area contributed by atoms with E-state index in [0.29, 0.717) is 13.0 Å². The van der Waals surface area contributed by atoms with Crippen LogP contribution in [0.15, 0.2) is 66.9 Å². The number of amides is 2. The molecule has 2 N–H and O–H groups in total. The number of carbonyl (C=O) groups is 2. The number of piperidine rings is 1. The Morgan fingerprint density at radius 3 is 2.69 bits per heavy atom. The third-order valence-corrected chi connectivity index (χ3v) is 5.63. The van der Waals surface area contributed by atoms with E-state index >= 15 is 0 Å². The molecule has 164 valence electrons. The lowest BCUT2D eigenvalue weighted by molar-refractivity contribution is -0.137. The molecule has 0 spiro atoms. The van der Waals surface area contributed by atoms with Gasteiger partial charge in [-0.1, -0.05) is 30.3 Å². The molecule has 1 aliphatic heterocycles. The van der Waals surface area contributed by atoms with Gasteiger partial charge in [0.15, 0.2) is 0 Å². The van der Waals surface area contributed by atoms with Gasteiger partial charge in [0.05, 0.1) is 12.8 Å². The summed E-state index contributed by atoms with van der Waals surface area (Å²) in [6.07, 6.45) is 7.49. The summed E-state index contributed by atoms with van der Waals surface area (Å²) < 4.78 is 7.15. The first kappa shape index (κ1) is 21.4. The maximum atomic E-state index is 12.9. The van der Waals surface area contributed by atoms with Crippen LogP contribution in [0.25, 0.3) is 23.0 Å². The number of nitrogens with two attached hydrogens (primary N) is 1. The van der Waals surface area contributed by atoms with Crippen LogP contribution in [0.3, 0.4) is 0 Å². The number of hydrogen-bond acceptors (Lipinski definition) is 4. The number of rotatable bonds is 6. The summed E-state index contributed by atoms with van der Waals surface area (Å²) in [5.41, 5.74) is 8.80. The molecule has 2 amide bonds. The highest BCUT2D eigenvalue weighted by Gasteiger charge is 2.29. The minimum absolute atomic E-state index is 0.224. The predicted octanol–water partition coefficient (Wildman–Crippen LogP) is 3.43. The van der Waals surface area contributed by atoms with Crippen molar-refractivity contribution in [3.8, 4) is 22.7 Å². The van der Waals surface area contributed by atoms with Gasteiger partial charge in [0, 0.05) is 29.9 Å². The molecule has 1 unspecified atom stereocenters. The summed E-state index contributed by atoms with van der Waals surface area (Å²) in [7, 11) is 1.62. The standard InChI is InChI=1S/C25H26N4O3/c1-32-21-11-7-8-18(16-21)24-19(17-29(27-24)20-9-3-2-4-10-20)13-14-23(30)28-15-6-5-12-22(28)25(26)31/h2-4,7-11,13-14,16-17,22H,5-6,12,15H2,1H3,(H2,26,31)/b14-13+. The van der Waals surface area contributed by atoms with E-state index in [-0.39, 0.29) is 5.91 Å². The quantitative estimate of drug-likeness (QED) is 0.607. The Kier molecular flexibility index (Phi) is 6.35. The minimum atomic E-state index is -0.550. The summed E-state index contributed by atoms with van der Waals surface area (Å²) in [6, 6.07) is 16.9. The molecular formula is C25H26N4O3. The van der Waals surface area contributed by atoms with Crippen LogP contribution in [-0.2, 0) is 9.59 Å². The summed E-state index contributed by atoms with van der Waals surface area (Å²) in [4.78, 5) is 26.2. The molecule has 0 saturated carbocycles. The maximum absolute atomic E-state index is 12.9. The van der Waals surface area contributed by atoms with Gasteiger partial charge >= 0.3 is 0 Å². The van der Waals surface area contributed by atoms with E-state index in [1.165, 1.54) is 6.08 Å². The second kappa shape index (κ2) is 9.51. The number of methoxy groups -OCH3 is 1. The number of carbonyl (C=O) groups excluding carboxylic acids is 2. The van der Waals surface area contributed by atoms with Crippen molar-refractivity contribution in [2.45, 2.75) is 25.3 Å². The first-order valence-corrected chi connectivity index (χ1v) is 10.6. The van der Waals surface area contributed by atoms with E-state index < -0.39 is 11.9 Å². The molecule has 2 aromatic carbocycles. The van der Waals surface area contributed by atoms with E-state index in [1.54, 1.807) is 22.8 Å². The van der Waals surface area contributed by atoms with E-state index in [1.807, 2.05) is 60.8 Å². The van der Waals surface area contributed by atoms with Crippen molar-refractivity contribution in [1.29, 1.82) is 0 Å². The molecule has 1 saturated heterocycles. The van der Waals surface area contributed by atoms with Crippen LogP contribution < -0.4 is 10.5 Å². The number of ether oxygens (including phenoxy) is 1. The van der Waals surface area contributed by atoms with Crippen molar-refractivity contribution < 1.29 is 14.3 Å². The second-order valence-corrected chi connectivity index (χ2v) is 7.72. The number of benzene rings is 2. The van der Waals surface area contributed by atoms with Crippen molar-refractivity contribution in [3.63, 3.8) is 0 Å². The van der Waals surface area contributed by atoms with Crippen molar-refractivity contribution in [2.24, 2.45) is 5.73 Å². The molecule has 1 aromatic heterocycles. The molecule has 1 fully saturated rings. The average Bonchev–Trinajstić information content (AvgIpc) is 3.27. The molecule has 7 heteroatoms. The SMILES string of the molecule is COc1cccc(-c2nn(-c3ccccc3)cc2/C=C/C(=O)N2CCCCC2C(N)=O)c1. The molecule has 3 aromatic rings. The van der Waals surface area contributed by atoms with Crippen LogP contribution in [-0.4, -0.2) is 46.2 Å². The molecule has 4 rings (SSSR count). The van der Waals surface area contributed by atoms with Crippen molar-refractivity contribution in [3.05, 3.63) is 72.4 Å². The summed E-state index contributed by atoms with van der Waals surface area (Å²) >= 11 is 0. The lowest BCUT2D eigenvalue weighted by Gasteiger charge is -2.32. The smallest absolute Gasteiger partial charge is 0.247 e. The fraction of sp³-hybridized carbons (Fsp3) is 0.240. The monoisotopic (exact) mass is 430 g/mol. The third-order valence-electron chi connectivity index (χ3n) is 5.63. The molecule has 0 aliphatic carbocycles. The normalized spacial score (nSPS) is 16.3. The van der Waals surface area contributed by atoms with E-state index in [4.69, 9.17) is 15.6 Å². The van der Waals surface area contributed by atoms with Gasteiger partial charge in [0.2, 0.25) is 11.8 Å². The highest BCUT2D eigenvalue weighted by molar-refractivity contribution is 5.96. The second-order valence-electron chi connectivity index (χ2n) is 7.72. The first-order valence-electron chi connectivity index (χ1n) is 10.6. The summed E-state index contributed by atoms with van der Waals surface area (Å²) in [5, 5.41) is 4.77. The zero-order valence-corrected chi connectivity index (χ0v) is 18.0. The van der Waals surface area contributed by atoms with E-state index in [2.05, 4.69) is 0 Å². The topological polar surface area (TPSA) is 90.5 Å². The lowest BCUT2D eigenvalue weighted by atomic mass is 10.0. The number of para-hydroxylation sites is 1. The number of likely N-dealkylation sites (tertiary alicyclic amines) is 1. The Bertz CT molecular complexity index is 1140. The number of primary amides is 1. The molecule has 32 heavy (non-hydrogen) atoms. The van der Waals surface area contributed by atoms with Gasteiger partial charge in [0.25, 0.3) is 0 Å². The molecular weight excluding hydrogens is 404 g/mol. The summed E-state index contributed by atoms with van der Waals surface area (Å²) in [5.74, 6) is 0.0401. The summed E-state index contributed by atoms with van der Waals surface area (Å²) in [6.45, 7) is 0.531. The Balaban J connectivity index is 1.69. The van der Waals surface area contributed by atoms with Gasteiger partial charge in [-0.3, -0.25) is 9.59 Å². The lowest BCUT2D eigenvalue weighted by Crippen LogP contribution is -2.49. The van der Waals surface area contributed by atoms with Crippen molar-refractivity contribution in [2.75, 3.05) is 13.7 Å². The zero-order chi connectivity index (χ0) is 22.5. The Morgan fingerprint density at radius 2 is 1.94 bits per heavy atom. The number of nitrogens with zero attached hydrogens (tertiary/aromatic N) is 3. The third kappa shape index (κ3) is 4.56. The maximum Gasteiger partial charge on any atom is 0.247 e. The molecule has 1 aliphatic rings. The van der Waals surface area contributed by atoms with Crippen LogP contribution in [0.5, 0.6) is 5.75 Å². The first-order chi connectivity index (χ1) is 15.6. The fourth-order valence-corrected chi connectivity index (χ4v) is 3.96. The molecule has 0 radical (unpaired) electrons. The Morgan fingerprint density at radius 1 is 1.12 bits per heavy atom. The van der Waals surface area contributed by atoms with Gasteiger partial charge < -0.3 is 15.4 Å². The average molecular weight is 431 g/mol. The number of hydrogen-bond donors (Lipinski definition) is 1. The highest BCUT2D eigenvalue weighted by atomic mass is 16.5. The van der Waals surface area contributed by atoms with Crippen LogP contribution in [0.1, 0.15) is 24.8 Å². The van der Waals surface area contributed by atoms with Crippen LogP contribution in [0, 0.1) is 0 Å². The van der Waals surface area contributed by atoms with Crippen LogP contribution in [0.2, 0.25) is 0 Å². The minimum Gasteiger partial charge on any atom is -0.497 e. The van der Waals surface area contributed by atoms with Crippen molar-refractivity contribution in [1.82, 2.24) is 14.7 Å². The van der Waals surface area contributed by atoms with Crippen molar-refractivity contribution >= 4 is 17.9 Å². The largest absolute Gasteiger partial charge is 0.497 e. The van der Waals surface area contributed by atoms with E-state index in [0.717, 1.165) is 41.1 Å². The van der Waals surface area contributed by atoms with Gasteiger partial charge in [-0.15, -0.1) is 0 Å². The van der Waals surface area contributed by atoms with Gasteiger partial charge in [0.1, 0.15) is 17.5 Å². The van der Waals surface area contributed by atoms with E-state index in [9.17, 15) is 9.59 Å². The fourth-order valence-electron chi connectivity index (χ4n) is 3.96. The molecule has 7 nitrogen and oxygen atoms in total. The Labute approximate surface area is 187 Å². The van der Waals surface area contributed by atoms with Gasteiger partial charge in [-0.05, 0) is 49.6 Å².